The number of nitrogens with two attached hydrogens (primary N) is 1. The lowest BCUT2D eigenvalue weighted by atomic mass is 9.60. The molecule has 3 N–H and O–H groups in total. The third-order valence-corrected chi connectivity index (χ3v) is 3.95. The summed E-state index contributed by atoms with van der Waals surface area (Å²) in [5.74, 6) is 0.0543. The summed E-state index contributed by atoms with van der Waals surface area (Å²) in [5, 5.41) is 2.83. The molecule has 1 rings (SSSR count). The van der Waals surface area contributed by atoms with Crippen LogP contribution in [-0.2, 0) is 9.53 Å². The first kappa shape index (κ1) is 16.8. The Balaban J connectivity index is 2.65. The molecule has 2 unspecified atom stereocenters. The average Bonchev–Trinajstić information content (AvgIpc) is 2.23. The molecule has 5 nitrogen and oxygen atoms in total. The molecule has 0 aromatic rings. The SMILES string of the molecule is CCOC(=O)NCC1(C)CC(CC(N)=O)CC(C)(C)C1. The van der Waals surface area contributed by atoms with Gasteiger partial charge in [-0.3, -0.25) is 4.79 Å². The van der Waals surface area contributed by atoms with Crippen molar-refractivity contribution in [3.05, 3.63) is 0 Å². The van der Waals surface area contributed by atoms with Crippen molar-refractivity contribution in [3.63, 3.8) is 0 Å². The smallest absolute Gasteiger partial charge is 0.407 e. The Kier molecular flexibility index (Phi) is 5.42. The number of hydrogen-bond acceptors (Lipinski definition) is 3. The number of primary amides is 1. The van der Waals surface area contributed by atoms with Gasteiger partial charge in [0.15, 0.2) is 0 Å². The zero-order valence-corrected chi connectivity index (χ0v) is 13.1. The van der Waals surface area contributed by atoms with Gasteiger partial charge in [-0.1, -0.05) is 20.8 Å². The average molecular weight is 284 g/mol. The van der Waals surface area contributed by atoms with Gasteiger partial charge in [0.05, 0.1) is 6.61 Å². The first-order chi connectivity index (χ1) is 9.16. The Hall–Kier alpha value is -1.26. The van der Waals surface area contributed by atoms with Crippen LogP contribution in [0.3, 0.4) is 0 Å². The van der Waals surface area contributed by atoms with Crippen molar-refractivity contribution in [1.82, 2.24) is 5.32 Å². The van der Waals surface area contributed by atoms with E-state index in [-0.39, 0.29) is 22.8 Å². The molecule has 2 amide bonds. The Morgan fingerprint density at radius 3 is 2.50 bits per heavy atom. The van der Waals surface area contributed by atoms with Gasteiger partial charge in [0.25, 0.3) is 0 Å². The van der Waals surface area contributed by atoms with Gasteiger partial charge in [0.1, 0.15) is 0 Å². The Morgan fingerprint density at radius 2 is 1.95 bits per heavy atom. The molecule has 0 bridgehead atoms. The van der Waals surface area contributed by atoms with Crippen LogP contribution in [-0.4, -0.2) is 25.2 Å². The maximum absolute atomic E-state index is 11.4. The molecule has 0 saturated heterocycles. The molecule has 0 aliphatic heterocycles. The Labute approximate surface area is 121 Å². The van der Waals surface area contributed by atoms with Gasteiger partial charge in [0.2, 0.25) is 5.91 Å². The zero-order valence-electron chi connectivity index (χ0n) is 13.1. The standard InChI is InChI=1S/C15H28N2O3/c1-5-20-13(19)17-10-15(4)8-11(6-12(16)18)7-14(2,3)9-15/h11H,5-10H2,1-4H3,(H2,16,18)(H,17,19). The first-order valence-corrected chi connectivity index (χ1v) is 7.35. The van der Waals surface area contributed by atoms with E-state index in [4.69, 9.17) is 10.5 Å². The third-order valence-electron chi connectivity index (χ3n) is 3.95. The fourth-order valence-corrected chi connectivity index (χ4v) is 3.88. The number of hydrogen-bond donors (Lipinski definition) is 2. The molecule has 1 fully saturated rings. The normalized spacial score (nSPS) is 28.7. The summed E-state index contributed by atoms with van der Waals surface area (Å²) < 4.78 is 4.90. The number of nitrogens with one attached hydrogen (secondary N) is 1. The summed E-state index contributed by atoms with van der Waals surface area (Å²) in [7, 11) is 0. The zero-order chi connectivity index (χ0) is 15.4. The first-order valence-electron chi connectivity index (χ1n) is 7.35. The molecule has 5 heteroatoms. The summed E-state index contributed by atoms with van der Waals surface area (Å²) in [6.07, 6.45) is 2.99. The minimum atomic E-state index is -0.372. The van der Waals surface area contributed by atoms with Crippen LogP contribution >= 0.6 is 0 Å². The minimum absolute atomic E-state index is 0.0192. The Morgan fingerprint density at radius 1 is 1.30 bits per heavy atom. The molecule has 1 saturated carbocycles. The number of carbonyl (C=O) groups excluding carboxylic acids is 2. The van der Waals surface area contributed by atoms with E-state index in [0.717, 1.165) is 19.3 Å². The number of alkyl carbamates (subject to hydrolysis) is 1. The number of carbonyl (C=O) groups is 2. The van der Waals surface area contributed by atoms with Crippen LogP contribution < -0.4 is 11.1 Å². The summed E-state index contributed by atoms with van der Waals surface area (Å²) in [4.78, 5) is 22.6. The predicted molar refractivity (Wildman–Crippen MR) is 78.1 cm³/mol. The molecular weight excluding hydrogens is 256 g/mol. The highest BCUT2D eigenvalue weighted by atomic mass is 16.5. The van der Waals surface area contributed by atoms with Crippen molar-refractivity contribution in [2.45, 2.75) is 53.4 Å². The third kappa shape index (κ3) is 5.39. The lowest BCUT2D eigenvalue weighted by molar-refractivity contribution is -0.119. The van der Waals surface area contributed by atoms with Crippen molar-refractivity contribution in [1.29, 1.82) is 0 Å². The van der Waals surface area contributed by atoms with Crippen molar-refractivity contribution < 1.29 is 14.3 Å². The van der Waals surface area contributed by atoms with Crippen LogP contribution in [0.4, 0.5) is 4.79 Å². The maximum Gasteiger partial charge on any atom is 0.407 e. The van der Waals surface area contributed by atoms with E-state index in [0.29, 0.717) is 25.5 Å². The molecule has 0 aromatic carbocycles. The van der Waals surface area contributed by atoms with Crippen molar-refractivity contribution in [3.8, 4) is 0 Å². The monoisotopic (exact) mass is 284 g/mol. The van der Waals surface area contributed by atoms with Crippen LogP contribution in [0.15, 0.2) is 0 Å². The molecule has 0 aromatic heterocycles. The van der Waals surface area contributed by atoms with Crippen molar-refractivity contribution in [2.24, 2.45) is 22.5 Å². The lowest BCUT2D eigenvalue weighted by Crippen LogP contribution is -2.44. The summed E-state index contributed by atoms with van der Waals surface area (Å²) in [6, 6.07) is 0. The van der Waals surface area contributed by atoms with Gasteiger partial charge in [-0.05, 0) is 42.9 Å². The second-order valence-electron chi connectivity index (χ2n) is 7.17. The minimum Gasteiger partial charge on any atom is -0.450 e. The molecular formula is C15H28N2O3. The van der Waals surface area contributed by atoms with E-state index in [9.17, 15) is 9.59 Å². The lowest BCUT2D eigenvalue weighted by Gasteiger charge is -2.46. The number of rotatable bonds is 5. The number of ether oxygens (including phenoxy) is 1. The van der Waals surface area contributed by atoms with Crippen LogP contribution in [0.5, 0.6) is 0 Å². The van der Waals surface area contributed by atoms with E-state index in [1.165, 1.54) is 0 Å². The van der Waals surface area contributed by atoms with Gasteiger partial charge < -0.3 is 15.8 Å². The van der Waals surface area contributed by atoms with Gasteiger partial charge >= 0.3 is 6.09 Å². The fraction of sp³-hybridized carbons (Fsp3) is 0.867. The van der Waals surface area contributed by atoms with E-state index in [1.807, 2.05) is 0 Å². The molecule has 0 spiro atoms. The maximum atomic E-state index is 11.4. The molecule has 2 atom stereocenters. The largest absolute Gasteiger partial charge is 0.450 e. The quantitative estimate of drug-likeness (QED) is 0.813. The molecule has 116 valence electrons. The molecule has 0 radical (unpaired) electrons. The Bertz CT molecular complexity index is 368. The van der Waals surface area contributed by atoms with E-state index in [1.54, 1.807) is 6.92 Å². The summed E-state index contributed by atoms with van der Waals surface area (Å²) in [6.45, 7) is 9.32. The van der Waals surface area contributed by atoms with E-state index >= 15 is 0 Å². The summed E-state index contributed by atoms with van der Waals surface area (Å²) in [5.41, 5.74) is 5.47. The highest BCUT2D eigenvalue weighted by Gasteiger charge is 2.41. The van der Waals surface area contributed by atoms with Gasteiger partial charge in [-0.2, -0.15) is 0 Å². The molecule has 20 heavy (non-hydrogen) atoms. The second-order valence-corrected chi connectivity index (χ2v) is 7.17. The molecule has 1 aliphatic rings. The van der Waals surface area contributed by atoms with Crippen LogP contribution in [0.25, 0.3) is 0 Å². The van der Waals surface area contributed by atoms with Crippen molar-refractivity contribution in [2.75, 3.05) is 13.2 Å². The fourth-order valence-electron chi connectivity index (χ4n) is 3.88. The highest BCUT2D eigenvalue weighted by Crippen LogP contribution is 2.49. The number of amides is 2. The molecule has 0 heterocycles. The molecule has 1 aliphatic carbocycles. The van der Waals surface area contributed by atoms with Gasteiger partial charge in [-0.25, -0.2) is 4.79 Å². The summed E-state index contributed by atoms with van der Waals surface area (Å²) >= 11 is 0. The van der Waals surface area contributed by atoms with Crippen LogP contribution in [0, 0.1) is 16.7 Å². The highest BCUT2D eigenvalue weighted by molar-refractivity contribution is 5.74. The van der Waals surface area contributed by atoms with Crippen LogP contribution in [0.2, 0.25) is 0 Å². The van der Waals surface area contributed by atoms with Gasteiger partial charge in [0, 0.05) is 13.0 Å². The van der Waals surface area contributed by atoms with E-state index in [2.05, 4.69) is 26.1 Å². The van der Waals surface area contributed by atoms with Crippen molar-refractivity contribution >= 4 is 12.0 Å². The topological polar surface area (TPSA) is 81.4 Å². The van der Waals surface area contributed by atoms with Gasteiger partial charge in [-0.15, -0.1) is 0 Å². The van der Waals surface area contributed by atoms with Crippen LogP contribution in [0.1, 0.15) is 53.4 Å². The second kappa shape index (κ2) is 6.46. The predicted octanol–water partition coefficient (Wildman–Crippen LogP) is 2.44. The van der Waals surface area contributed by atoms with E-state index < -0.39 is 0 Å².